The van der Waals surface area contributed by atoms with E-state index in [4.69, 9.17) is 9.05 Å². The Morgan fingerprint density at radius 2 is 0.816 bits per heavy atom. The van der Waals surface area contributed by atoms with E-state index in [1.807, 2.05) is 72.8 Å². The molecule has 2 aliphatic rings. The molecule has 0 atom stereocenters. The predicted octanol–water partition coefficient (Wildman–Crippen LogP) is 6.44. The first-order valence-electron chi connectivity index (χ1n) is 12.9. The van der Waals surface area contributed by atoms with Gasteiger partial charge in [0.25, 0.3) is 7.82 Å². The first-order valence-corrected chi connectivity index (χ1v) is 14.3. The second-order valence-corrected chi connectivity index (χ2v) is 12.6. The zero-order valence-corrected chi connectivity index (χ0v) is 23.2. The van der Waals surface area contributed by atoms with Gasteiger partial charge in [-0.2, -0.15) is 0 Å². The largest absolute Gasteiger partial charge is 0.756 e. The molecule has 6 rings (SSSR count). The monoisotopic (exact) mass is 527 g/mol. The molecule has 2 aliphatic carbocycles. The van der Waals surface area contributed by atoms with Gasteiger partial charge in [-0.25, -0.2) is 0 Å². The van der Waals surface area contributed by atoms with E-state index in [9.17, 15) is 9.46 Å². The summed E-state index contributed by atoms with van der Waals surface area (Å²) in [7, 11) is 4.00. The summed E-state index contributed by atoms with van der Waals surface area (Å²) in [4.78, 5) is 12.8. The summed E-state index contributed by atoms with van der Waals surface area (Å²) < 4.78 is 24.7. The first kappa shape index (κ1) is 26.6. The van der Waals surface area contributed by atoms with E-state index < -0.39 is 7.82 Å². The maximum absolute atomic E-state index is 12.8. The fourth-order valence-corrected chi connectivity index (χ4v) is 5.99. The van der Waals surface area contributed by atoms with Crippen LogP contribution in [-0.4, -0.2) is 45.9 Å². The molecule has 0 fully saturated rings. The Labute approximate surface area is 225 Å². The van der Waals surface area contributed by atoms with Crippen molar-refractivity contribution in [1.82, 2.24) is 0 Å². The fraction of sp³-hybridized carbons (Fsp3) is 0.250. The lowest BCUT2D eigenvalue weighted by Crippen LogP contribution is -2.27. The van der Waals surface area contributed by atoms with Crippen LogP contribution in [0.2, 0.25) is 0 Å². The molecule has 0 amide bonds. The van der Waals surface area contributed by atoms with Crippen molar-refractivity contribution < 1.29 is 23.0 Å². The van der Waals surface area contributed by atoms with Gasteiger partial charge in [-0.05, 0) is 44.5 Å². The number of hydrogen-bond acceptors (Lipinski definition) is 4. The van der Waals surface area contributed by atoms with Crippen LogP contribution in [0.3, 0.4) is 0 Å². The summed E-state index contributed by atoms with van der Waals surface area (Å²) in [6.45, 7) is 0.0410. The summed E-state index contributed by atoms with van der Waals surface area (Å²) in [5, 5.41) is 0. The highest BCUT2D eigenvalue weighted by Crippen LogP contribution is 2.50. The third-order valence-electron chi connectivity index (χ3n) is 6.72. The summed E-state index contributed by atoms with van der Waals surface area (Å²) >= 11 is 0. The Hall–Kier alpha value is -3.05. The highest BCUT2D eigenvalue weighted by atomic mass is 31.2. The van der Waals surface area contributed by atoms with Gasteiger partial charge in [0.05, 0.1) is 41.4 Å². The predicted molar refractivity (Wildman–Crippen MR) is 151 cm³/mol. The Bertz CT molecular complexity index is 1290. The molecule has 0 aliphatic heterocycles. The summed E-state index contributed by atoms with van der Waals surface area (Å²) in [5.74, 6) is -0.285. The van der Waals surface area contributed by atoms with Gasteiger partial charge in [-0.15, -0.1) is 0 Å². The Morgan fingerprint density at radius 3 is 1.08 bits per heavy atom. The average molecular weight is 528 g/mol. The molecule has 0 bridgehead atoms. The van der Waals surface area contributed by atoms with Crippen LogP contribution in [0.15, 0.2) is 97.1 Å². The molecule has 0 spiro atoms. The van der Waals surface area contributed by atoms with Crippen LogP contribution in [0.5, 0.6) is 0 Å². The topological polar surface area (TPSA) is 58.6 Å². The number of phosphoric ester groups is 1. The van der Waals surface area contributed by atoms with Crippen LogP contribution in [0.25, 0.3) is 22.3 Å². The Balaban J connectivity index is 0.000000540. The van der Waals surface area contributed by atoms with Crippen LogP contribution in [-0.2, 0) is 13.6 Å². The van der Waals surface area contributed by atoms with Crippen LogP contribution in [0, 0.1) is 0 Å². The molecular formula is C32H34NO4P. The van der Waals surface area contributed by atoms with Gasteiger partial charge in [0.1, 0.15) is 0 Å². The quantitative estimate of drug-likeness (QED) is 0.214. The standard InChI is InChI=1S/C28H23O4P.C4H12N/c29-33(30,31-17-27-23-13-5-1-9-19(23)20-10-2-6-14-24(20)27)32-18-28-25-15-7-3-11-21(25)22-12-4-8-16-26(22)28;1-5(2,3)4/h1-16,27-28H,17-18H2,(H,29,30);1-4H3/q;+1/p-1. The molecule has 196 valence electrons. The van der Waals surface area contributed by atoms with E-state index in [1.54, 1.807) is 0 Å². The molecule has 0 unspecified atom stereocenters. The SMILES string of the molecule is C[N+](C)(C)C.O=P([O-])(OCC1c2ccccc2-c2ccccc21)OCC1c2ccccc2-c2ccccc21. The molecule has 0 N–H and O–H groups in total. The lowest BCUT2D eigenvalue weighted by Gasteiger charge is -2.26. The van der Waals surface area contributed by atoms with Crippen molar-refractivity contribution in [1.29, 1.82) is 0 Å². The first-order chi connectivity index (χ1) is 18.1. The summed E-state index contributed by atoms with van der Waals surface area (Å²) in [6, 6.07) is 32.3. The lowest BCUT2D eigenvalue weighted by molar-refractivity contribution is -0.849. The molecule has 5 nitrogen and oxygen atoms in total. The smallest absolute Gasteiger partial charge is 0.267 e. The van der Waals surface area contributed by atoms with Gasteiger partial charge in [0.15, 0.2) is 0 Å². The number of hydrogen-bond donors (Lipinski definition) is 0. The van der Waals surface area contributed by atoms with Gasteiger partial charge < -0.3 is 18.4 Å². The van der Waals surface area contributed by atoms with Gasteiger partial charge in [-0.3, -0.25) is 4.57 Å². The van der Waals surface area contributed by atoms with Crippen LogP contribution >= 0.6 is 7.82 Å². The third-order valence-corrected chi connectivity index (χ3v) is 7.65. The zero-order chi connectivity index (χ0) is 26.9. The highest BCUT2D eigenvalue weighted by molar-refractivity contribution is 7.45. The van der Waals surface area contributed by atoms with Crippen molar-refractivity contribution >= 4 is 7.82 Å². The van der Waals surface area contributed by atoms with Gasteiger partial charge >= 0.3 is 0 Å². The van der Waals surface area contributed by atoms with Crippen molar-refractivity contribution in [3.05, 3.63) is 119 Å². The third kappa shape index (κ3) is 5.68. The minimum atomic E-state index is -4.50. The minimum absolute atomic E-state index is 0.0205. The number of rotatable bonds is 6. The van der Waals surface area contributed by atoms with E-state index >= 15 is 0 Å². The van der Waals surface area contributed by atoms with Crippen LogP contribution < -0.4 is 4.89 Å². The van der Waals surface area contributed by atoms with E-state index in [0.717, 1.165) is 49.0 Å². The number of nitrogens with zero attached hydrogens (tertiary/aromatic N) is 1. The maximum atomic E-state index is 12.8. The van der Waals surface area contributed by atoms with Crippen molar-refractivity contribution in [2.24, 2.45) is 0 Å². The second kappa shape index (κ2) is 10.6. The molecule has 0 aromatic heterocycles. The maximum Gasteiger partial charge on any atom is 0.267 e. The van der Waals surface area contributed by atoms with Crippen LogP contribution in [0.4, 0.5) is 0 Å². The molecule has 0 heterocycles. The van der Waals surface area contributed by atoms with E-state index in [-0.39, 0.29) is 25.0 Å². The summed E-state index contributed by atoms with van der Waals surface area (Å²) in [6.07, 6.45) is 0. The molecule has 38 heavy (non-hydrogen) atoms. The van der Waals surface area contributed by atoms with Crippen molar-refractivity contribution in [3.63, 3.8) is 0 Å². The number of benzene rings is 4. The zero-order valence-electron chi connectivity index (χ0n) is 22.3. The minimum Gasteiger partial charge on any atom is -0.756 e. The van der Waals surface area contributed by atoms with E-state index in [1.165, 1.54) is 0 Å². The molecule has 0 saturated heterocycles. The molecule has 0 radical (unpaired) electrons. The van der Waals surface area contributed by atoms with Crippen molar-refractivity contribution in [2.45, 2.75) is 11.8 Å². The van der Waals surface area contributed by atoms with Crippen molar-refractivity contribution in [2.75, 3.05) is 41.4 Å². The van der Waals surface area contributed by atoms with E-state index in [2.05, 4.69) is 52.5 Å². The Morgan fingerprint density at radius 1 is 0.579 bits per heavy atom. The number of phosphoric acid groups is 1. The highest BCUT2D eigenvalue weighted by Gasteiger charge is 2.31. The van der Waals surface area contributed by atoms with Crippen LogP contribution in [0.1, 0.15) is 34.1 Å². The second-order valence-electron chi connectivity index (χ2n) is 11.2. The molecule has 4 aromatic rings. The van der Waals surface area contributed by atoms with Gasteiger partial charge in [0, 0.05) is 11.8 Å². The normalized spacial score (nSPS) is 14.2. The number of quaternary nitrogens is 1. The lowest BCUT2D eigenvalue weighted by atomic mass is 9.98. The van der Waals surface area contributed by atoms with E-state index in [0.29, 0.717) is 0 Å². The molecule has 6 heteroatoms. The number of fused-ring (bicyclic) bond motifs is 6. The van der Waals surface area contributed by atoms with Crippen molar-refractivity contribution in [3.8, 4) is 22.3 Å². The fourth-order valence-electron chi connectivity index (χ4n) is 5.25. The summed E-state index contributed by atoms with van der Waals surface area (Å²) in [5.41, 5.74) is 8.83. The Kier molecular flexibility index (Phi) is 7.41. The molecule has 0 saturated carbocycles. The molecular weight excluding hydrogens is 493 g/mol. The van der Waals surface area contributed by atoms with Gasteiger partial charge in [0.2, 0.25) is 0 Å². The molecule has 4 aromatic carbocycles. The average Bonchev–Trinajstić information content (AvgIpc) is 3.38. The van der Waals surface area contributed by atoms with Gasteiger partial charge in [-0.1, -0.05) is 97.1 Å².